The zero-order valence-electron chi connectivity index (χ0n) is 14.9. The number of anilines is 1. The van der Waals surface area contributed by atoms with E-state index in [4.69, 9.17) is 9.84 Å². The van der Waals surface area contributed by atoms with Crippen LogP contribution in [-0.4, -0.2) is 35.1 Å². The van der Waals surface area contributed by atoms with Gasteiger partial charge in [-0.3, -0.25) is 9.59 Å². The minimum Gasteiger partial charge on any atom is -0.479 e. The highest BCUT2D eigenvalue weighted by Gasteiger charge is 2.34. The smallest absolute Gasteiger partial charge is 0.332 e. The Morgan fingerprint density at radius 2 is 1.64 bits per heavy atom. The van der Waals surface area contributed by atoms with Crippen LogP contribution in [0.5, 0.6) is 0 Å². The van der Waals surface area contributed by atoms with E-state index in [-0.39, 0.29) is 24.2 Å². The van der Waals surface area contributed by atoms with Crippen molar-refractivity contribution in [1.82, 2.24) is 5.32 Å². The predicted molar refractivity (Wildman–Crippen MR) is 98.2 cm³/mol. The lowest BCUT2D eigenvalue weighted by Gasteiger charge is -2.12. The molecule has 1 fully saturated rings. The molecule has 28 heavy (non-hydrogen) atoms. The van der Waals surface area contributed by atoms with Crippen LogP contribution in [0.25, 0.3) is 0 Å². The predicted octanol–water partition coefficient (Wildman–Crippen LogP) is 2.33. The van der Waals surface area contributed by atoms with Crippen molar-refractivity contribution in [2.45, 2.75) is 31.6 Å². The van der Waals surface area contributed by atoms with Gasteiger partial charge in [-0.2, -0.15) is 0 Å². The fourth-order valence-corrected chi connectivity index (χ4v) is 2.83. The van der Waals surface area contributed by atoms with Gasteiger partial charge in [0.2, 0.25) is 5.91 Å². The molecule has 2 aromatic carbocycles. The van der Waals surface area contributed by atoms with Crippen LogP contribution in [0, 0.1) is 5.82 Å². The lowest BCUT2D eigenvalue weighted by Crippen LogP contribution is -2.35. The number of amides is 2. The standard InChI is InChI=1S/C20H19FN2O5/c21-14-5-7-15(8-6-14)23-18(24)13-3-1-12(2-4-13)11-22-19(25)16-9-10-17(28-16)20(26)27/h1-8,16-17H,9-11H2,(H,22,25)(H,23,24)(H,26,27)/t16-,17+/m0/s1. The Morgan fingerprint density at radius 3 is 2.25 bits per heavy atom. The van der Waals surface area contributed by atoms with E-state index in [2.05, 4.69) is 10.6 Å². The number of benzene rings is 2. The van der Waals surface area contributed by atoms with Gasteiger partial charge in [0.15, 0.2) is 6.10 Å². The molecule has 1 saturated heterocycles. The summed E-state index contributed by atoms with van der Waals surface area (Å²) in [6, 6.07) is 12.1. The Bertz CT molecular complexity index is 867. The first kappa shape index (κ1) is 19.5. The summed E-state index contributed by atoms with van der Waals surface area (Å²) in [6.45, 7) is 0.232. The van der Waals surface area contributed by atoms with E-state index in [1.165, 1.54) is 24.3 Å². The van der Waals surface area contributed by atoms with Crippen LogP contribution in [0.1, 0.15) is 28.8 Å². The number of carboxylic acids is 1. The summed E-state index contributed by atoms with van der Waals surface area (Å²) >= 11 is 0. The van der Waals surface area contributed by atoms with E-state index in [1.807, 2.05) is 0 Å². The zero-order chi connectivity index (χ0) is 20.1. The Balaban J connectivity index is 1.50. The van der Waals surface area contributed by atoms with Crippen molar-refractivity contribution in [3.05, 3.63) is 65.5 Å². The highest BCUT2D eigenvalue weighted by molar-refractivity contribution is 6.04. The van der Waals surface area contributed by atoms with Gasteiger partial charge in [-0.15, -0.1) is 0 Å². The number of halogens is 1. The first-order valence-electron chi connectivity index (χ1n) is 8.74. The van der Waals surface area contributed by atoms with E-state index in [1.54, 1.807) is 24.3 Å². The van der Waals surface area contributed by atoms with E-state index in [9.17, 15) is 18.8 Å². The second kappa shape index (κ2) is 8.62. The van der Waals surface area contributed by atoms with Crippen LogP contribution in [0.4, 0.5) is 10.1 Å². The normalized spacial score (nSPS) is 18.5. The molecule has 2 aromatic rings. The monoisotopic (exact) mass is 386 g/mol. The summed E-state index contributed by atoms with van der Waals surface area (Å²) in [7, 11) is 0. The molecule has 0 aliphatic carbocycles. The fourth-order valence-electron chi connectivity index (χ4n) is 2.83. The molecule has 1 aliphatic heterocycles. The van der Waals surface area contributed by atoms with Crippen LogP contribution in [0.3, 0.4) is 0 Å². The summed E-state index contributed by atoms with van der Waals surface area (Å²) in [4.78, 5) is 35.1. The Hall–Kier alpha value is -3.26. The number of carbonyl (C=O) groups excluding carboxylic acids is 2. The van der Waals surface area contributed by atoms with Crippen molar-refractivity contribution in [2.75, 3.05) is 5.32 Å². The molecule has 2 atom stereocenters. The van der Waals surface area contributed by atoms with Gasteiger partial charge in [0.25, 0.3) is 5.91 Å². The molecule has 2 amide bonds. The molecule has 0 aromatic heterocycles. The Kier molecular flexibility index (Phi) is 6.00. The summed E-state index contributed by atoms with van der Waals surface area (Å²) < 4.78 is 18.1. The van der Waals surface area contributed by atoms with Gasteiger partial charge >= 0.3 is 5.97 Å². The van der Waals surface area contributed by atoms with Crippen molar-refractivity contribution < 1.29 is 28.6 Å². The van der Waals surface area contributed by atoms with Crippen molar-refractivity contribution in [3.8, 4) is 0 Å². The number of carboxylic acid groups (broad SMARTS) is 1. The molecule has 1 heterocycles. The highest BCUT2D eigenvalue weighted by atomic mass is 19.1. The van der Waals surface area contributed by atoms with Crippen LogP contribution < -0.4 is 10.6 Å². The SMILES string of the molecule is O=C(Nc1ccc(F)cc1)c1ccc(CNC(=O)[C@@H]2CC[C@H](C(=O)O)O2)cc1. The van der Waals surface area contributed by atoms with Crippen molar-refractivity contribution in [3.63, 3.8) is 0 Å². The van der Waals surface area contributed by atoms with E-state index >= 15 is 0 Å². The third-order valence-electron chi connectivity index (χ3n) is 4.37. The molecule has 0 unspecified atom stereocenters. The first-order chi connectivity index (χ1) is 13.4. The van der Waals surface area contributed by atoms with Gasteiger partial charge in [0.05, 0.1) is 0 Å². The molecule has 0 saturated carbocycles. The Morgan fingerprint density at radius 1 is 1.00 bits per heavy atom. The average molecular weight is 386 g/mol. The van der Waals surface area contributed by atoms with Gasteiger partial charge in [-0.25, -0.2) is 9.18 Å². The third-order valence-corrected chi connectivity index (χ3v) is 4.37. The topological polar surface area (TPSA) is 105 Å². The van der Waals surface area contributed by atoms with Gasteiger partial charge in [0.1, 0.15) is 11.9 Å². The van der Waals surface area contributed by atoms with Gasteiger partial charge in [0, 0.05) is 17.8 Å². The lowest BCUT2D eigenvalue weighted by atomic mass is 10.1. The maximum atomic E-state index is 12.9. The van der Waals surface area contributed by atoms with Crippen molar-refractivity contribution in [2.24, 2.45) is 0 Å². The first-order valence-corrected chi connectivity index (χ1v) is 8.74. The summed E-state index contributed by atoms with van der Waals surface area (Å²) in [5.41, 5.74) is 1.68. The molecular formula is C20H19FN2O5. The maximum absolute atomic E-state index is 12.9. The number of carbonyl (C=O) groups is 3. The van der Waals surface area contributed by atoms with Crippen LogP contribution >= 0.6 is 0 Å². The second-order valence-electron chi connectivity index (χ2n) is 6.40. The zero-order valence-corrected chi connectivity index (χ0v) is 14.9. The molecule has 0 spiro atoms. The van der Waals surface area contributed by atoms with Gasteiger partial charge in [-0.05, 0) is 54.8 Å². The number of rotatable bonds is 6. The van der Waals surface area contributed by atoms with Crippen LogP contribution in [0.15, 0.2) is 48.5 Å². The molecule has 8 heteroatoms. The summed E-state index contributed by atoms with van der Waals surface area (Å²) in [5.74, 6) is -2.14. The number of ether oxygens (including phenoxy) is 1. The summed E-state index contributed by atoms with van der Waals surface area (Å²) in [5, 5.41) is 14.3. The highest BCUT2D eigenvalue weighted by Crippen LogP contribution is 2.20. The number of nitrogens with one attached hydrogen (secondary N) is 2. The molecule has 0 bridgehead atoms. The van der Waals surface area contributed by atoms with Crippen molar-refractivity contribution >= 4 is 23.5 Å². The molecule has 3 N–H and O–H groups in total. The molecule has 1 aliphatic rings. The molecule has 146 valence electrons. The maximum Gasteiger partial charge on any atom is 0.332 e. The van der Waals surface area contributed by atoms with Gasteiger partial charge in [-0.1, -0.05) is 12.1 Å². The molecular weight excluding hydrogens is 367 g/mol. The minimum absolute atomic E-state index is 0.232. The molecule has 3 rings (SSSR count). The van der Waals surface area contributed by atoms with Crippen LogP contribution in [0.2, 0.25) is 0 Å². The van der Waals surface area contributed by atoms with Gasteiger partial charge < -0.3 is 20.5 Å². The van der Waals surface area contributed by atoms with E-state index in [0.29, 0.717) is 24.1 Å². The van der Waals surface area contributed by atoms with E-state index < -0.39 is 18.2 Å². The minimum atomic E-state index is -1.06. The lowest BCUT2D eigenvalue weighted by molar-refractivity contribution is -0.151. The van der Waals surface area contributed by atoms with Crippen molar-refractivity contribution in [1.29, 1.82) is 0 Å². The number of hydrogen-bond acceptors (Lipinski definition) is 4. The number of aliphatic carboxylic acids is 1. The second-order valence-corrected chi connectivity index (χ2v) is 6.40. The average Bonchev–Trinajstić information content (AvgIpc) is 3.19. The number of hydrogen-bond donors (Lipinski definition) is 3. The molecule has 0 radical (unpaired) electrons. The largest absolute Gasteiger partial charge is 0.479 e. The third kappa shape index (κ3) is 4.92. The fraction of sp³-hybridized carbons (Fsp3) is 0.250. The van der Waals surface area contributed by atoms with E-state index in [0.717, 1.165) is 5.56 Å². The Labute approximate surface area is 160 Å². The quantitative estimate of drug-likeness (QED) is 0.707. The van der Waals surface area contributed by atoms with Crippen LogP contribution in [-0.2, 0) is 20.9 Å². The summed E-state index contributed by atoms with van der Waals surface area (Å²) in [6.07, 6.45) is -1.02. The molecule has 7 nitrogen and oxygen atoms in total.